The van der Waals surface area contributed by atoms with Crippen molar-refractivity contribution in [3.63, 3.8) is 0 Å². The van der Waals surface area contributed by atoms with E-state index in [4.69, 9.17) is 0 Å². The molecule has 0 aliphatic rings. The highest BCUT2D eigenvalue weighted by atomic mass is 32.1. The van der Waals surface area contributed by atoms with Crippen molar-refractivity contribution in [2.45, 2.75) is 19.8 Å². The molecule has 1 amide bonds. The molecule has 1 rings (SSSR count). The number of carbonyl (C=O) groups is 1. The number of rotatable bonds is 3. The maximum atomic E-state index is 11.2. The van der Waals surface area contributed by atoms with Crippen LogP contribution in [0.25, 0.3) is 0 Å². The van der Waals surface area contributed by atoms with Gasteiger partial charge < -0.3 is 5.32 Å². The summed E-state index contributed by atoms with van der Waals surface area (Å²) >= 11 is 1.15. The van der Waals surface area contributed by atoms with Crippen LogP contribution in [0.5, 0.6) is 0 Å². The van der Waals surface area contributed by atoms with E-state index in [9.17, 15) is 4.79 Å². The fourth-order valence-electron chi connectivity index (χ4n) is 0.895. The van der Waals surface area contributed by atoms with Crippen molar-refractivity contribution in [2.75, 3.05) is 7.05 Å². The second-order valence-electron chi connectivity index (χ2n) is 2.38. The van der Waals surface area contributed by atoms with Gasteiger partial charge in [-0.2, -0.15) is 0 Å². The molecule has 1 N–H and O–H groups in total. The Morgan fingerprint density at radius 3 is 3.00 bits per heavy atom. The SMILES string of the molecule is CCCc1nnsc1C(=O)NC. The van der Waals surface area contributed by atoms with Crippen LogP contribution in [0.3, 0.4) is 0 Å². The van der Waals surface area contributed by atoms with E-state index in [1.807, 2.05) is 6.92 Å². The van der Waals surface area contributed by atoms with Crippen LogP contribution in [-0.2, 0) is 6.42 Å². The summed E-state index contributed by atoms with van der Waals surface area (Å²) in [6, 6.07) is 0. The standard InChI is InChI=1S/C7H11N3OS/c1-3-4-5-6(7(11)8-2)12-10-9-5/h3-4H2,1-2H3,(H,8,11). The minimum Gasteiger partial charge on any atom is -0.354 e. The first-order valence-corrected chi connectivity index (χ1v) is 4.60. The first-order valence-electron chi connectivity index (χ1n) is 3.83. The predicted octanol–water partition coefficient (Wildman–Crippen LogP) is 0.850. The third-order valence-electron chi connectivity index (χ3n) is 1.48. The molecule has 12 heavy (non-hydrogen) atoms. The van der Waals surface area contributed by atoms with Gasteiger partial charge in [-0.1, -0.05) is 17.8 Å². The lowest BCUT2D eigenvalue weighted by Crippen LogP contribution is -2.17. The van der Waals surface area contributed by atoms with E-state index in [1.165, 1.54) is 0 Å². The molecule has 1 aromatic heterocycles. The summed E-state index contributed by atoms with van der Waals surface area (Å²) < 4.78 is 3.74. The van der Waals surface area contributed by atoms with Gasteiger partial charge in [-0.15, -0.1) is 5.10 Å². The van der Waals surface area contributed by atoms with E-state index in [0.717, 1.165) is 30.1 Å². The van der Waals surface area contributed by atoms with E-state index in [2.05, 4.69) is 14.9 Å². The van der Waals surface area contributed by atoms with Crippen LogP contribution in [0.1, 0.15) is 28.7 Å². The molecule has 66 valence electrons. The van der Waals surface area contributed by atoms with E-state index in [-0.39, 0.29) is 5.91 Å². The molecule has 4 nitrogen and oxygen atoms in total. The second-order valence-corrected chi connectivity index (χ2v) is 3.13. The summed E-state index contributed by atoms with van der Waals surface area (Å²) in [7, 11) is 1.61. The molecule has 1 heterocycles. The highest BCUT2D eigenvalue weighted by Crippen LogP contribution is 2.11. The monoisotopic (exact) mass is 185 g/mol. The van der Waals surface area contributed by atoms with Crippen molar-refractivity contribution >= 4 is 17.4 Å². The zero-order valence-corrected chi connectivity index (χ0v) is 7.94. The summed E-state index contributed by atoms with van der Waals surface area (Å²) in [5.41, 5.74) is 0.807. The molecular weight excluding hydrogens is 174 g/mol. The molecule has 0 atom stereocenters. The predicted molar refractivity (Wildman–Crippen MR) is 47.3 cm³/mol. The molecule has 0 aromatic carbocycles. The third kappa shape index (κ3) is 1.79. The van der Waals surface area contributed by atoms with Crippen LogP contribution < -0.4 is 5.32 Å². The molecular formula is C7H11N3OS. The number of nitrogens with zero attached hydrogens (tertiary/aromatic N) is 2. The van der Waals surface area contributed by atoms with Crippen molar-refractivity contribution in [1.82, 2.24) is 14.9 Å². The Bertz CT molecular complexity index is 271. The van der Waals surface area contributed by atoms with E-state index in [1.54, 1.807) is 7.05 Å². The summed E-state index contributed by atoms with van der Waals surface area (Å²) in [5, 5.41) is 6.44. The molecule has 0 saturated heterocycles. The summed E-state index contributed by atoms with van der Waals surface area (Å²) in [5.74, 6) is -0.0894. The zero-order valence-electron chi connectivity index (χ0n) is 7.13. The third-order valence-corrected chi connectivity index (χ3v) is 2.24. The normalized spacial score (nSPS) is 9.83. The van der Waals surface area contributed by atoms with Crippen molar-refractivity contribution in [3.8, 4) is 0 Å². The maximum Gasteiger partial charge on any atom is 0.264 e. The lowest BCUT2D eigenvalue weighted by molar-refractivity contribution is 0.0966. The second kappa shape index (κ2) is 4.15. The molecule has 0 spiro atoms. The number of nitrogens with one attached hydrogen (secondary N) is 1. The Morgan fingerprint density at radius 2 is 2.42 bits per heavy atom. The lowest BCUT2D eigenvalue weighted by atomic mass is 10.2. The molecule has 1 aromatic rings. The topological polar surface area (TPSA) is 54.9 Å². The average Bonchev–Trinajstić information content (AvgIpc) is 2.52. The molecule has 0 aliphatic heterocycles. The average molecular weight is 185 g/mol. The Labute approximate surface area is 75.2 Å². The number of amides is 1. The Balaban J connectivity index is 2.83. The van der Waals surface area contributed by atoms with Gasteiger partial charge in [0.05, 0.1) is 5.69 Å². The quantitative estimate of drug-likeness (QED) is 0.759. The van der Waals surface area contributed by atoms with Crippen molar-refractivity contribution in [2.24, 2.45) is 0 Å². The van der Waals surface area contributed by atoms with Gasteiger partial charge >= 0.3 is 0 Å². The fourth-order valence-corrected chi connectivity index (χ4v) is 1.55. The molecule has 0 radical (unpaired) electrons. The van der Waals surface area contributed by atoms with Gasteiger partial charge in [-0.3, -0.25) is 4.79 Å². The molecule has 0 aliphatic carbocycles. The summed E-state index contributed by atoms with van der Waals surface area (Å²) in [6.07, 6.45) is 1.80. The molecule has 5 heteroatoms. The largest absolute Gasteiger partial charge is 0.354 e. The molecule has 0 fully saturated rings. The number of aryl methyl sites for hydroxylation is 1. The summed E-state index contributed by atoms with van der Waals surface area (Å²) in [4.78, 5) is 11.8. The first kappa shape index (κ1) is 9.12. The molecule has 0 bridgehead atoms. The maximum absolute atomic E-state index is 11.2. The van der Waals surface area contributed by atoms with Crippen LogP contribution in [-0.4, -0.2) is 22.5 Å². The molecule has 0 unspecified atom stereocenters. The first-order chi connectivity index (χ1) is 5.79. The van der Waals surface area contributed by atoms with Gasteiger partial charge in [0.15, 0.2) is 0 Å². The number of aromatic nitrogens is 2. The van der Waals surface area contributed by atoms with Crippen LogP contribution in [0.15, 0.2) is 0 Å². The van der Waals surface area contributed by atoms with Crippen LogP contribution >= 0.6 is 11.5 Å². The van der Waals surface area contributed by atoms with Gasteiger partial charge in [0.25, 0.3) is 5.91 Å². The van der Waals surface area contributed by atoms with Gasteiger partial charge in [0.2, 0.25) is 0 Å². The van der Waals surface area contributed by atoms with Crippen LogP contribution in [0.2, 0.25) is 0 Å². The van der Waals surface area contributed by atoms with Crippen molar-refractivity contribution < 1.29 is 4.79 Å². The Kier molecular flexibility index (Phi) is 3.16. The Morgan fingerprint density at radius 1 is 1.67 bits per heavy atom. The van der Waals surface area contributed by atoms with E-state index >= 15 is 0 Å². The minimum atomic E-state index is -0.0894. The minimum absolute atomic E-state index is 0.0894. The fraction of sp³-hybridized carbons (Fsp3) is 0.571. The van der Waals surface area contributed by atoms with Crippen LogP contribution in [0, 0.1) is 0 Å². The molecule has 0 saturated carbocycles. The van der Waals surface area contributed by atoms with Gasteiger partial charge in [0, 0.05) is 7.05 Å². The van der Waals surface area contributed by atoms with E-state index < -0.39 is 0 Å². The smallest absolute Gasteiger partial charge is 0.264 e. The van der Waals surface area contributed by atoms with Crippen molar-refractivity contribution in [3.05, 3.63) is 10.6 Å². The lowest BCUT2D eigenvalue weighted by Gasteiger charge is -1.96. The highest BCUT2D eigenvalue weighted by Gasteiger charge is 2.13. The zero-order chi connectivity index (χ0) is 8.97. The Hall–Kier alpha value is -0.970. The number of carbonyl (C=O) groups excluding carboxylic acids is 1. The van der Waals surface area contributed by atoms with Gasteiger partial charge in [-0.05, 0) is 18.0 Å². The summed E-state index contributed by atoms with van der Waals surface area (Å²) in [6.45, 7) is 2.05. The van der Waals surface area contributed by atoms with E-state index in [0.29, 0.717) is 4.88 Å². The van der Waals surface area contributed by atoms with Crippen molar-refractivity contribution in [1.29, 1.82) is 0 Å². The van der Waals surface area contributed by atoms with Crippen LogP contribution in [0.4, 0.5) is 0 Å². The number of hydrogen-bond donors (Lipinski definition) is 1. The van der Waals surface area contributed by atoms with Gasteiger partial charge in [-0.25, -0.2) is 0 Å². The van der Waals surface area contributed by atoms with Gasteiger partial charge in [0.1, 0.15) is 4.88 Å². The highest BCUT2D eigenvalue weighted by molar-refractivity contribution is 7.08. The number of hydrogen-bond acceptors (Lipinski definition) is 4.